The molecular weight excluding hydrogens is 290 g/mol. The van der Waals surface area contributed by atoms with E-state index in [2.05, 4.69) is 15.6 Å². The third-order valence-electron chi connectivity index (χ3n) is 3.53. The summed E-state index contributed by atoms with van der Waals surface area (Å²) >= 11 is 0. The molecule has 5 heteroatoms. The van der Waals surface area contributed by atoms with Crippen molar-refractivity contribution in [1.29, 1.82) is 0 Å². The number of aromatic nitrogens is 1. The van der Waals surface area contributed by atoms with E-state index in [9.17, 15) is 9.59 Å². The van der Waals surface area contributed by atoms with E-state index in [0.717, 1.165) is 12.0 Å². The summed E-state index contributed by atoms with van der Waals surface area (Å²) in [6.07, 6.45) is 3.75. The van der Waals surface area contributed by atoms with Crippen molar-refractivity contribution in [3.05, 3.63) is 59.4 Å². The van der Waals surface area contributed by atoms with Gasteiger partial charge in [-0.25, -0.2) is 0 Å². The van der Waals surface area contributed by atoms with Crippen LogP contribution in [-0.2, 0) is 0 Å². The number of hydrogen-bond acceptors (Lipinski definition) is 3. The number of anilines is 1. The van der Waals surface area contributed by atoms with Gasteiger partial charge in [0.2, 0.25) is 0 Å². The molecule has 2 N–H and O–H groups in total. The molecule has 2 rings (SSSR count). The highest BCUT2D eigenvalue weighted by Gasteiger charge is 2.13. The molecule has 23 heavy (non-hydrogen) atoms. The SMILES string of the molecule is CCC(C)NC(=O)c1cncc(C(=O)Nc2cccc(C)c2)c1. The van der Waals surface area contributed by atoms with Crippen molar-refractivity contribution < 1.29 is 9.59 Å². The Kier molecular flexibility index (Phi) is 5.46. The maximum atomic E-state index is 12.3. The fourth-order valence-electron chi connectivity index (χ4n) is 2.02. The first-order chi connectivity index (χ1) is 11.0. The summed E-state index contributed by atoms with van der Waals surface area (Å²) in [6, 6.07) is 9.15. The van der Waals surface area contributed by atoms with Gasteiger partial charge in [0, 0.05) is 24.1 Å². The molecule has 0 aliphatic carbocycles. The van der Waals surface area contributed by atoms with Crippen molar-refractivity contribution in [2.45, 2.75) is 33.2 Å². The molecule has 0 bridgehead atoms. The molecule has 2 amide bonds. The lowest BCUT2D eigenvalue weighted by Crippen LogP contribution is -2.32. The Morgan fingerprint density at radius 1 is 1.13 bits per heavy atom. The zero-order valence-electron chi connectivity index (χ0n) is 13.6. The lowest BCUT2D eigenvalue weighted by atomic mass is 10.1. The molecule has 0 radical (unpaired) electrons. The number of carbonyl (C=O) groups excluding carboxylic acids is 2. The quantitative estimate of drug-likeness (QED) is 0.891. The van der Waals surface area contributed by atoms with E-state index in [0.29, 0.717) is 16.8 Å². The van der Waals surface area contributed by atoms with Gasteiger partial charge in [-0.3, -0.25) is 14.6 Å². The predicted molar refractivity (Wildman–Crippen MR) is 90.6 cm³/mol. The summed E-state index contributed by atoms with van der Waals surface area (Å²) < 4.78 is 0. The molecule has 1 heterocycles. The first-order valence-electron chi connectivity index (χ1n) is 7.63. The van der Waals surface area contributed by atoms with Crippen LogP contribution in [0.2, 0.25) is 0 Å². The van der Waals surface area contributed by atoms with Gasteiger partial charge < -0.3 is 10.6 Å². The van der Waals surface area contributed by atoms with Gasteiger partial charge in [0.1, 0.15) is 0 Å². The van der Waals surface area contributed by atoms with Crippen LogP contribution >= 0.6 is 0 Å². The molecule has 0 spiro atoms. The number of rotatable bonds is 5. The topological polar surface area (TPSA) is 71.1 Å². The maximum Gasteiger partial charge on any atom is 0.257 e. The van der Waals surface area contributed by atoms with Crippen molar-refractivity contribution in [2.75, 3.05) is 5.32 Å². The molecule has 1 aromatic heterocycles. The van der Waals surface area contributed by atoms with Gasteiger partial charge in [-0.05, 0) is 44.0 Å². The molecule has 5 nitrogen and oxygen atoms in total. The van der Waals surface area contributed by atoms with Crippen LogP contribution in [0.1, 0.15) is 46.5 Å². The first-order valence-corrected chi connectivity index (χ1v) is 7.63. The maximum absolute atomic E-state index is 12.3. The minimum Gasteiger partial charge on any atom is -0.350 e. The standard InChI is InChI=1S/C18H21N3O2/c1-4-13(3)20-17(22)14-9-15(11-19-10-14)18(23)21-16-7-5-6-12(2)8-16/h5-11,13H,4H2,1-3H3,(H,20,22)(H,21,23). The van der Waals surface area contributed by atoms with E-state index in [1.54, 1.807) is 6.07 Å². The molecule has 0 saturated carbocycles. The van der Waals surface area contributed by atoms with E-state index in [-0.39, 0.29) is 17.9 Å². The van der Waals surface area contributed by atoms with E-state index < -0.39 is 0 Å². The highest BCUT2D eigenvalue weighted by molar-refractivity contribution is 6.05. The third-order valence-corrected chi connectivity index (χ3v) is 3.53. The van der Waals surface area contributed by atoms with Gasteiger partial charge in [0.05, 0.1) is 11.1 Å². The van der Waals surface area contributed by atoms with Crippen molar-refractivity contribution in [1.82, 2.24) is 10.3 Å². The highest BCUT2D eigenvalue weighted by atomic mass is 16.2. The van der Waals surface area contributed by atoms with Crippen LogP contribution in [0.5, 0.6) is 0 Å². The molecule has 1 atom stereocenters. The van der Waals surface area contributed by atoms with Crippen molar-refractivity contribution >= 4 is 17.5 Å². The average molecular weight is 311 g/mol. The molecule has 2 aromatic rings. The van der Waals surface area contributed by atoms with Gasteiger partial charge in [-0.15, -0.1) is 0 Å². The fourth-order valence-corrected chi connectivity index (χ4v) is 2.02. The Morgan fingerprint density at radius 2 is 1.83 bits per heavy atom. The van der Waals surface area contributed by atoms with Crippen LogP contribution in [-0.4, -0.2) is 22.8 Å². The van der Waals surface area contributed by atoms with E-state index in [4.69, 9.17) is 0 Å². The Labute approximate surface area is 136 Å². The number of aryl methyl sites for hydroxylation is 1. The Hall–Kier alpha value is -2.69. The largest absolute Gasteiger partial charge is 0.350 e. The van der Waals surface area contributed by atoms with Crippen LogP contribution in [0.4, 0.5) is 5.69 Å². The van der Waals surface area contributed by atoms with Crippen LogP contribution in [0.3, 0.4) is 0 Å². The van der Waals surface area contributed by atoms with Gasteiger partial charge in [0.25, 0.3) is 11.8 Å². The monoisotopic (exact) mass is 311 g/mol. The summed E-state index contributed by atoms with van der Waals surface area (Å²) in [7, 11) is 0. The second-order valence-electron chi connectivity index (χ2n) is 5.57. The van der Waals surface area contributed by atoms with Crippen LogP contribution in [0.15, 0.2) is 42.7 Å². The zero-order valence-corrected chi connectivity index (χ0v) is 13.6. The third kappa shape index (κ3) is 4.64. The van der Waals surface area contributed by atoms with Gasteiger partial charge in [-0.2, -0.15) is 0 Å². The minimum absolute atomic E-state index is 0.0762. The Morgan fingerprint density at radius 3 is 2.48 bits per heavy atom. The van der Waals surface area contributed by atoms with Crippen LogP contribution in [0, 0.1) is 6.92 Å². The lowest BCUT2D eigenvalue weighted by Gasteiger charge is -2.11. The number of carbonyl (C=O) groups is 2. The molecule has 0 aliphatic heterocycles. The second kappa shape index (κ2) is 7.54. The molecule has 1 aromatic carbocycles. The van der Waals surface area contributed by atoms with Crippen LogP contribution < -0.4 is 10.6 Å². The smallest absolute Gasteiger partial charge is 0.257 e. The van der Waals surface area contributed by atoms with Gasteiger partial charge in [-0.1, -0.05) is 19.1 Å². The van der Waals surface area contributed by atoms with E-state index >= 15 is 0 Å². The molecule has 0 fully saturated rings. The number of hydrogen-bond donors (Lipinski definition) is 2. The summed E-state index contributed by atoms with van der Waals surface area (Å²) in [6.45, 7) is 5.88. The normalized spacial score (nSPS) is 11.6. The summed E-state index contributed by atoms with van der Waals surface area (Å²) in [4.78, 5) is 28.4. The fraction of sp³-hybridized carbons (Fsp3) is 0.278. The summed E-state index contributed by atoms with van der Waals surface area (Å²) in [5.41, 5.74) is 2.50. The highest BCUT2D eigenvalue weighted by Crippen LogP contribution is 2.12. The Bertz CT molecular complexity index is 713. The molecule has 120 valence electrons. The number of amides is 2. The molecule has 0 aliphatic rings. The number of nitrogens with zero attached hydrogens (tertiary/aromatic N) is 1. The van der Waals surface area contributed by atoms with Crippen molar-refractivity contribution in [2.24, 2.45) is 0 Å². The lowest BCUT2D eigenvalue weighted by molar-refractivity contribution is 0.0939. The average Bonchev–Trinajstić information content (AvgIpc) is 2.54. The van der Waals surface area contributed by atoms with E-state index in [1.807, 2.05) is 45.0 Å². The van der Waals surface area contributed by atoms with Crippen molar-refractivity contribution in [3.63, 3.8) is 0 Å². The van der Waals surface area contributed by atoms with Crippen LogP contribution in [0.25, 0.3) is 0 Å². The number of benzene rings is 1. The predicted octanol–water partition coefficient (Wildman–Crippen LogP) is 3.17. The molecular formula is C18H21N3O2. The minimum atomic E-state index is -0.290. The van der Waals surface area contributed by atoms with Gasteiger partial charge in [0.15, 0.2) is 0 Å². The van der Waals surface area contributed by atoms with Crippen molar-refractivity contribution in [3.8, 4) is 0 Å². The molecule has 0 saturated heterocycles. The first kappa shape index (κ1) is 16.7. The zero-order chi connectivity index (χ0) is 16.8. The summed E-state index contributed by atoms with van der Waals surface area (Å²) in [5.74, 6) is -0.515. The Balaban J connectivity index is 2.12. The number of nitrogens with one attached hydrogen (secondary N) is 2. The summed E-state index contributed by atoms with van der Waals surface area (Å²) in [5, 5.41) is 5.66. The van der Waals surface area contributed by atoms with E-state index in [1.165, 1.54) is 12.4 Å². The molecule has 1 unspecified atom stereocenters. The van der Waals surface area contributed by atoms with Gasteiger partial charge >= 0.3 is 0 Å². The second-order valence-corrected chi connectivity index (χ2v) is 5.57. The number of pyridine rings is 1.